The van der Waals surface area contributed by atoms with Crippen LogP contribution in [0.5, 0.6) is 0 Å². The predicted octanol–water partition coefficient (Wildman–Crippen LogP) is 1.65. The second-order valence-corrected chi connectivity index (χ2v) is 5.25. The van der Waals surface area contributed by atoms with E-state index in [1.165, 1.54) is 11.1 Å². The van der Waals surface area contributed by atoms with E-state index < -0.39 is 0 Å². The maximum absolute atomic E-state index is 12.4. The molecule has 0 saturated heterocycles. The van der Waals surface area contributed by atoms with E-state index in [0.29, 0.717) is 11.3 Å². The van der Waals surface area contributed by atoms with Crippen molar-refractivity contribution in [3.8, 4) is 0 Å². The van der Waals surface area contributed by atoms with Crippen molar-refractivity contribution >= 4 is 11.6 Å². The molecule has 1 aromatic heterocycles. The van der Waals surface area contributed by atoms with Gasteiger partial charge in [-0.2, -0.15) is 0 Å². The fraction of sp³-hybridized carbons (Fsp3) is 0.250. The number of nitrogen functional groups attached to an aromatic ring is 1. The highest BCUT2D eigenvalue weighted by molar-refractivity contribution is 5.99. The number of hydrogen-bond donors (Lipinski definition) is 3. The second-order valence-electron chi connectivity index (χ2n) is 5.25. The number of pyridine rings is 1. The summed E-state index contributed by atoms with van der Waals surface area (Å²) in [6.07, 6.45) is 5.97. The molecule has 4 N–H and O–H groups in total. The van der Waals surface area contributed by atoms with Gasteiger partial charge in [-0.05, 0) is 36.5 Å². The monoisotopic (exact) mass is 282 g/mol. The van der Waals surface area contributed by atoms with Gasteiger partial charge in [-0.15, -0.1) is 0 Å². The first-order valence-corrected chi connectivity index (χ1v) is 7.06. The fourth-order valence-corrected chi connectivity index (χ4v) is 2.79. The molecule has 5 nitrogen and oxygen atoms in total. The molecule has 0 fully saturated rings. The molecule has 0 aliphatic heterocycles. The molecule has 2 aromatic rings. The number of amides is 1. The van der Waals surface area contributed by atoms with Crippen LogP contribution in [0.15, 0.2) is 42.7 Å². The van der Waals surface area contributed by atoms with Crippen LogP contribution in [0.2, 0.25) is 0 Å². The molecule has 5 heteroatoms. The Bertz CT molecular complexity index is 656. The molecule has 0 spiro atoms. The first kappa shape index (κ1) is 13.6. The zero-order valence-corrected chi connectivity index (χ0v) is 11.7. The summed E-state index contributed by atoms with van der Waals surface area (Å²) in [6, 6.07) is 10.2. The van der Waals surface area contributed by atoms with Crippen LogP contribution in [0, 0.1) is 0 Å². The van der Waals surface area contributed by atoms with E-state index in [-0.39, 0.29) is 11.9 Å². The van der Waals surface area contributed by atoms with Crippen LogP contribution >= 0.6 is 0 Å². The second kappa shape index (κ2) is 5.93. The first-order chi connectivity index (χ1) is 10.3. The van der Waals surface area contributed by atoms with Gasteiger partial charge in [-0.3, -0.25) is 15.6 Å². The van der Waals surface area contributed by atoms with Crippen molar-refractivity contribution < 1.29 is 4.79 Å². The summed E-state index contributed by atoms with van der Waals surface area (Å²) >= 11 is 0. The SMILES string of the molecule is NNc1cnccc1C(=O)NC1CCc2ccccc2C1. The van der Waals surface area contributed by atoms with E-state index in [1.54, 1.807) is 18.5 Å². The maximum atomic E-state index is 12.4. The lowest BCUT2D eigenvalue weighted by Gasteiger charge is -2.25. The van der Waals surface area contributed by atoms with E-state index in [0.717, 1.165) is 19.3 Å². The molecule has 0 radical (unpaired) electrons. The van der Waals surface area contributed by atoms with Crippen molar-refractivity contribution in [2.45, 2.75) is 25.3 Å². The van der Waals surface area contributed by atoms with Crippen LogP contribution in [-0.4, -0.2) is 16.9 Å². The Kier molecular flexibility index (Phi) is 3.83. The summed E-state index contributed by atoms with van der Waals surface area (Å²) in [5.74, 6) is 5.30. The largest absolute Gasteiger partial charge is 0.349 e. The van der Waals surface area contributed by atoms with Crippen molar-refractivity contribution in [3.63, 3.8) is 0 Å². The number of nitrogens with one attached hydrogen (secondary N) is 2. The summed E-state index contributed by atoms with van der Waals surface area (Å²) in [5, 5.41) is 3.09. The number of aromatic nitrogens is 1. The lowest BCUT2D eigenvalue weighted by Crippen LogP contribution is -2.39. The third-order valence-electron chi connectivity index (χ3n) is 3.90. The summed E-state index contributed by atoms with van der Waals surface area (Å²) < 4.78 is 0. The number of hydrogen-bond acceptors (Lipinski definition) is 4. The molecular formula is C16H18N4O. The number of nitrogens with two attached hydrogens (primary N) is 1. The molecule has 0 bridgehead atoms. The van der Waals surface area contributed by atoms with Gasteiger partial charge in [-0.1, -0.05) is 24.3 Å². The van der Waals surface area contributed by atoms with Gasteiger partial charge in [0.15, 0.2) is 0 Å². The zero-order valence-electron chi connectivity index (χ0n) is 11.7. The molecule has 108 valence electrons. The van der Waals surface area contributed by atoms with Crippen LogP contribution in [0.4, 0.5) is 5.69 Å². The van der Waals surface area contributed by atoms with E-state index in [4.69, 9.17) is 5.84 Å². The maximum Gasteiger partial charge on any atom is 0.253 e. The van der Waals surface area contributed by atoms with Crippen molar-refractivity contribution in [2.75, 3.05) is 5.43 Å². The Hall–Kier alpha value is -2.40. The Morgan fingerprint density at radius 2 is 2.05 bits per heavy atom. The predicted molar refractivity (Wildman–Crippen MR) is 81.8 cm³/mol. The molecule has 0 saturated carbocycles. The highest BCUT2D eigenvalue weighted by Gasteiger charge is 2.21. The van der Waals surface area contributed by atoms with E-state index in [2.05, 4.69) is 33.9 Å². The minimum Gasteiger partial charge on any atom is -0.349 e. The molecular weight excluding hydrogens is 264 g/mol. The molecule has 1 aromatic carbocycles. The van der Waals surface area contributed by atoms with Crippen LogP contribution in [0.3, 0.4) is 0 Å². The molecule has 1 atom stereocenters. The van der Waals surface area contributed by atoms with Crippen molar-refractivity contribution in [1.82, 2.24) is 10.3 Å². The number of carbonyl (C=O) groups excluding carboxylic acids is 1. The number of benzene rings is 1. The van der Waals surface area contributed by atoms with Gasteiger partial charge in [0, 0.05) is 12.2 Å². The first-order valence-electron chi connectivity index (χ1n) is 7.06. The van der Waals surface area contributed by atoms with Gasteiger partial charge in [0.25, 0.3) is 5.91 Å². The molecule has 1 amide bonds. The summed E-state index contributed by atoms with van der Waals surface area (Å²) in [5.41, 5.74) is 6.27. The standard InChI is InChI=1S/C16H18N4O/c17-20-15-10-18-8-7-14(15)16(21)19-13-6-5-11-3-1-2-4-12(11)9-13/h1-4,7-8,10,13,20H,5-6,9,17H2,(H,19,21). The smallest absolute Gasteiger partial charge is 0.253 e. The normalized spacial score (nSPS) is 16.9. The lowest BCUT2D eigenvalue weighted by molar-refractivity contribution is 0.0934. The number of hydrazine groups is 1. The number of rotatable bonds is 3. The van der Waals surface area contributed by atoms with E-state index in [9.17, 15) is 4.79 Å². The molecule has 1 aliphatic carbocycles. The highest BCUT2D eigenvalue weighted by atomic mass is 16.1. The quantitative estimate of drug-likeness (QED) is 0.591. The number of anilines is 1. The minimum atomic E-state index is -0.116. The fourth-order valence-electron chi connectivity index (χ4n) is 2.79. The van der Waals surface area contributed by atoms with Crippen LogP contribution in [0.25, 0.3) is 0 Å². The van der Waals surface area contributed by atoms with Gasteiger partial charge < -0.3 is 10.7 Å². The third-order valence-corrected chi connectivity index (χ3v) is 3.90. The van der Waals surface area contributed by atoms with Crippen molar-refractivity contribution in [3.05, 3.63) is 59.4 Å². The molecule has 1 aliphatic rings. The van der Waals surface area contributed by atoms with Crippen LogP contribution in [-0.2, 0) is 12.8 Å². The average molecular weight is 282 g/mol. The molecule has 1 unspecified atom stereocenters. The Labute approximate surface area is 123 Å². The Balaban J connectivity index is 1.72. The minimum absolute atomic E-state index is 0.116. The Morgan fingerprint density at radius 1 is 1.24 bits per heavy atom. The van der Waals surface area contributed by atoms with Gasteiger partial charge in [0.2, 0.25) is 0 Å². The van der Waals surface area contributed by atoms with E-state index in [1.807, 2.05) is 6.07 Å². The number of fused-ring (bicyclic) bond motifs is 1. The number of carbonyl (C=O) groups is 1. The van der Waals surface area contributed by atoms with Gasteiger partial charge in [-0.25, -0.2) is 0 Å². The van der Waals surface area contributed by atoms with Crippen LogP contribution in [0.1, 0.15) is 27.9 Å². The Morgan fingerprint density at radius 3 is 2.86 bits per heavy atom. The summed E-state index contributed by atoms with van der Waals surface area (Å²) in [7, 11) is 0. The summed E-state index contributed by atoms with van der Waals surface area (Å²) in [6.45, 7) is 0. The van der Waals surface area contributed by atoms with Gasteiger partial charge in [0.05, 0.1) is 17.4 Å². The van der Waals surface area contributed by atoms with Crippen LogP contribution < -0.4 is 16.6 Å². The third kappa shape index (κ3) is 2.87. The molecule has 1 heterocycles. The lowest BCUT2D eigenvalue weighted by atomic mass is 9.88. The molecule has 21 heavy (non-hydrogen) atoms. The van der Waals surface area contributed by atoms with Crippen molar-refractivity contribution in [1.29, 1.82) is 0 Å². The number of aryl methyl sites for hydroxylation is 1. The molecule has 3 rings (SSSR count). The van der Waals surface area contributed by atoms with E-state index >= 15 is 0 Å². The van der Waals surface area contributed by atoms with Crippen molar-refractivity contribution in [2.24, 2.45) is 5.84 Å². The highest BCUT2D eigenvalue weighted by Crippen LogP contribution is 2.21. The van der Waals surface area contributed by atoms with Gasteiger partial charge in [0.1, 0.15) is 0 Å². The average Bonchev–Trinajstić information content (AvgIpc) is 2.54. The number of nitrogens with zero attached hydrogens (tertiary/aromatic N) is 1. The zero-order chi connectivity index (χ0) is 14.7. The topological polar surface area (TPSA) is 80.0 Å². The summed E-state index contributed by atoms with van der Waals surface area (Å²) in [4.78, 5) is 16.3. The van der Waals surface area contributed by atoms with Gasteiger partial charge >= 0.3 is 0 Å².